The van der Waals surface area contributed by atoms with Crippen LogP contribution in [0.4, 0.5) is 5.69 Å². The van der Waals surface area contributed by atoms with E-state index in [2.05, 4.69) is 21.2 Å². The zero-order chi connectivity index (χ0) is 18.6. The van der Waals surface area contributed by atoms with Crippen LogP contribution in [0.15, 0.2) is 40.9 Å². The van der Waals surface area contributed by atoms with E-state index < -0.39 is 12.1 Å². The second kappa shape index (κ2) is 8.16. The number of carbonyl (C=O) groups excluding carboxylic acids is 2. The average molecular weight is 406 g/mol. The normalized spacial score (nSPS) is 11.6. The molecule has 2 rings (SSSR count). The summed E-state index contributed by atoms with van der Waals surface area (Å²) >= 11 is 3.30. The molecule has 0 radical (unpaired) electrons. The molecule has 1 N–H and O–H groups in total. The smallest absolute Gasteiger partial charge is 0.340 e. The van der Waals surface area contributed by atoms with Crippen LogP contribution in [0, 0.1) is 13.8 Å². The molecule has 0 heterocycles. The summed E-state index contributed by atoms with van der Waals surface area (Å²) in [5.74, 6) is -0.462. The number of aryl methyl sites for hydroxylation is 2. The van der Waals surface area contributed by atoms with Crippen molar-refractivity contribution in [1.82, 2.24) is 0 Å². The van der Waals surface area contributed by atoms with Crippen LogP contribution in [0.25, 0.3) is 0 Å². The molecule has 0 saturated carbocycles. The Morgan fingerprint density at radius 3 is 2.48 bits per heavy atom. The molecule has 0 bridgehead atoms. The van der Waals surface area contributed by atoms with Crippen LogP contribution in [0.3, 0.4) is 0 Å². The minimum Gasteiger partial charge on any atom is -0.497 e. The first-order valence-electron chi connectivity index (χ1n) is 7.74. The highest BCUT2D eigenvalue weighted by Gasteiger charge is 2.21. The Morgan fingerprint density at radius 1 is 1.12 bits per heavy atom. The molecule has 0 aliphatic carbocycles. The summed E-state index contributed by atoms with van der Waals surface area (Å²) < 4.78 is 11.0. The molecule has 1 amide bonds. The fourth-order valence-electron chi connectivity index (χ4n) is 2.25. The summed E-state index contributed by atoms with van der Waals surface area (Å²) in [6.07, 6.45) is -0.939. The van der Waals surface area contributed by atoms with E-state index in [1.165, 1.54) is 14.0 Å². The molecule has 0 aliphatic rings. The third-order valence-corrected chi connectivity index (χ3v) is 4.38. The van der Waals surface area contributed by atoms with E-state index in [0.717, 1.165) is 11.1 Å². The molecule has 0 fully saturated rings. The monoisotopic (exact) mass is 405 g/mol. The summed E-state index contributed by atoms with van der Waals surface area (Å²) in [7, 11) is 1.51. The third-order valence-electron chi connectivity index (χ3n) is 3.69. The molecule has 5 nitrogen and oxygen atoms in total. The van der Waals surface area contributed by atoms with E-state index in [0.29, 0.717) is 21.5 Å². The van der Waals surface area contributed by atoms with Gasteiger partial charge in [0.2, 0.25) is 0 Å². The van der Waals surface area contributed by atoms with Crippen molar-refractivity contribution < 1.29 is 19.1 Å². The molecule has 25 heavy (non-hydrogen) atoms. The van der Waals surface area contributed by atoms with Gasteiger partial charge in [-0.2, -0.15) is 0 Å². The highest BCUT2D eigenvalue weighted by atomic mass is 79.9. The van der Waals surface area contributed by atoms with Gasteiger partial charge in [0.25, 0.3) is 5.91 Å². The zero-order valence-corrected chi connectivity index (χ0v) is 16.1. The second-order valence-corrected chi connectivity index (χ2v) is 6.56. The molecule has 0 saturated heterocycles. The summed E-state index contributed by atoms with van der Waals surface area (Å²) in [4.78, 5) is 24.6. The van der Waals surface area contributed by atoms with Crippen LogP contribution in [0.1, 0.15) is 28.4 Å². The third kappa shape index (κ3) is 4.82. The van der Waals surface area contributed by atoms with Gasteiger partial charge in [-0.05, 0) is 66.5 Å². The van der Waals surface area contributed by atoms with Crippen LogP contribution < -0.4 is 10.1 Å². The molecular formula is C19H20BrNO4. The molecule has 2 aromatic carbocycles. The van der Waals surface area contributed by atoms with Crippen molar-refractivity contribution in [2.24, 2.45) is 0 Å². The summed E-state index contributed by atoms with van der Waals surface area (Å²) in [6.45, 7) is 5.42. The number of halogens is 1. The lowest BCUT2D eigenvalue weighted by atomic mass is 10.1. The van der Waals surface area contributed by atoms with Crippen LogP contribution in [0.2, 0.25) is 0 Å². The molecule has 2 aromatic rings. The first-order chi connectivity index (χ1) is 11.8. The SMILES string of the molecule is COc1ccc(Br)c(C(=O)OC(C)C(=O)Nc2ccc(C)cc2C)c1. The number of hydrogen-bond acceptors (Lipinski definition) is 4. The van der Waals surface area contributed by atoms with Gasteiger partial charge in [0.1, 0.15) is 5.75 Å². The van der Waals surface area contributed by atoms with Crippen molar-refractivity contribution >= 4 is 33.5 Å². The fraction of sp³-hybridized carbons (Fsp3) is 0.263. The van der Waals surface area contributed by atoms with Crippen LogP contribution >= 0.6 is 15.9 Å². The first kappa shape index (κ1) is 19.0. The average Bonchev–Trinajstić information content (AvgIpc) is 2.57. The van der Waals surface area contributed by atoms with Gasteiger partial charge >= 0.3 is 5.97 Å². The maximum absolute atomic E-state index is 12.3. The van der Waals surface area contributed by atoms with E-state index >= 15 is 0 Å². The van der Waals surface area contributed by atoms with E-state index in [1.54, 1.807) is 18.2 Å². The number of benzene rings is 2. The highest BCUT2D eigenvalue weighted by Crippen LogP contribution is 2.24. The molecule has 0 aliphatic heterocycles. The Kier molecular flexibility index (Phi) is 6.20. The largest absolute Gasteiger partial charge is 0.497 e. The quantitative estimate of drug-likeness (QED) is 0.754. The highest BCUT2D eigenvalue weighted by molar-refractivity contribution is 9.10. The first-order valence-corrected chi connectivity index (χ1v) is 8.53. The number of rotatable bonds is 5. The van der Waals surface area contributed by atoms with Crippen molar-refractivity contribution in [3.63, 3.8) is 0 Å². The van der Waals surface area contributed by atoms with Crippen molar-refractivity contribution in [3.05, 3.63) is 57.6 Å². The topological polar surface area (TPSA) is 64.6 Å². The number of carbonyl (C=O) groups is 2. The van der Waals surface area contributed by atoms with Crippen molar-refractivity contribution in [3.8, 4) is 5.75 Å². The number of amides is 1. The van der Waals surface area contributed by atoms with Gasteiger partial charge in [0.15, 0.2) is 6.10 Å². The van der Waals surface area contributed by atoms with Gasteiger partial charge in [-0.1, -0.05) is 17.7 Å². The van der Waals surface area contributed by atoms with Crippen molar-refractivity contribution in [2.45, 2.75) is 26.9 Å². The van der Waals surface area contributed by atoms with E-state index in [1.807, 2.05) is 32.0 Å². The molecule has 0 spiro atoms. The zero-order valence-electron chi connectivity index (χ0n) is 14.6. The standard InChI is InChI=1S/C19H20BrNO4/c1-11-5-8-17(12(2)9-11)21-18(22)13(3)25-19(23)15-10-14(24-4)6-7-16(15)20/h5-10,13H,1-4H3,(H,21,22). The van der Waals surface area contributed by atoms with Crippen LogP contribution in [-0.4, -0.2) is 25.1 Å². The number of hydrogen-bond donors (Lipinski definition) is 1. The Morgan fingerprint density at radius 2 is 1.84 bits per heavy atom. The number of esters is 1. The van der Waals surface area contributed by atoms with Crippen molar-refractivity contribution in [1.29, 1.82) is 0 Å². The Bertz CT molecular complexity index is 804. The lowest BCUT2D eigenvalue weighted by Crippen LogP contribution is -2.30. The predicted octanol–water partition coefficient (Wildman–Crippen LogP) is 4.26. The van der Waals surface area contributed by atoms with Gasteiger partial charge in [-0.3, -0.25) is 4.79 Å². The molecular weight excluding hydrogens is 386 g/mol. The molecule has 1 atom stereocenters. The van der Waals surface area contributed by atoms with E-state index in [4.69, 9.17) is 9.47 Å². The van der Waals surface area contributed by atoms with E-state index in [-0.39, 0.29) is 5.91 Å². The number of anilines is 1. The minimum atomic E-state index is -0.939. The van der Waals surface area contributed by atoms with Gasteiger partial charge in [-0.25, -0.2) is 4.79 Å². The lowest BCUT2D eigenvalue weighted by Gasteiger charge is -2.15. The second-order valence-electron chi connectivity index (χ2n) is 5.70. The Balaban J connectivity index is 2.06. The van der Waals surface area contributed by atoms with Crippen LogP contribution in [0.5, 0.6) is 5.75 Å². The Labute approximate surface area is 155 Å². The minimum absolute atomic E-state index is 0.297. The molecule has 6 heteroatoms. The summed E-state index contributed by atoms with van der Waals surface area (Å²) in [5.41, 5.74) is 3.05. The van der Waals surface area contributed by atoms with Gasteiger partial charge in [0, 0.05) is 10.2 Å². The molecule has 132 valence electrons. The van der Waals surface area contributed by atoms with Crippen molar-refractivity contribution in [2.75, 3.05) is 12.4 Å². The van der Waals surface area contributed by atoms with E-state index in [9.17, 15) is 9.59 Å². The Hall–Kier alpha value is -2.34. The van der Waals surface area contributed by atoms with Gasteiger partial charge in [0.05, 0.1) is 12.7 Å². The number of ether oxygens (including phenoxy) is 2. The summed E-state index contributed by atoms with van der Waals surface area (Å²) in [6, 6.07) is 10.7. The molecule has 1 unspecified atom stereocenters. The number of methoxy groups -OCH3 is 1. The lowest BCUT2D eigenvalue weighted by molar-refractivity contribution is -0.123. The molecule has 0 aromatic heterocycles. The van der Waals surface area contributed by atoms with Gasteiger partial charge in [-0.15, -0.1) is 0 Å². The van der Waals surface area contributed by atoms with Gasteiger partial charge < -0.3 is 14.8 Å². The maximum Gasteiger partial charge on any atom is 0.340 e. The maximum atomic E-state index is 12.3. The number of nitrogens with one attached hydrogen (secondary N) is 1. The fourth-order valence-corrected chi connectivity index (χ4v) is 2.66. The predicted molar refractivity (Wildman–Crippen MR) is 100 cm³/mol. The summed E-state index contributed by atoms with van der Waals surface area (Å²) in [5, 5.41) is 2.78. The van der Waals surface area contributed by atoms with Crippen LogP contribution in [-0.2, 0) is 9.53 Å².